The molecule has 1 N–H and O–H groups in total. The Kier molecular flexibility index (Phi) is 6.24. The van der Waals surface area contributed by atoms with Crippen molar-refractivity contribution in [2.45, 2.75) is 32.7 Å². The largest absolute Gasteiger partial charge is 0.497 e. The molecule has 0 aliphatic heterocycles. The van der Waals surface area contributed by atoms with E-state index in [2.05, 4.69) is 19.2 Å². The summed E-state index contributed by atoms with van der Waals surface area (Å²) in [6.45, 7) is 6.16. The second kappa shape index (κ2) is 8.39. The molecule has 1 amide bonds. The minimum absolute atomic E-state index is 0.00419. The molecule has 128 valence electrons. The van der Waals surface area contributed by atoms with E-state index in [0.29, 0.717) is 5.92 Å². The van der Waals surface area contributed by atoms with Gasteiger partial charge in [-0.2, -0.15) is 0 Å². The second-order valence-electron chi connectivity index (χ2n) is 6.04. The normalized spacial score (nSPS) is 11.9. The minimum atomic E-state index is -0.142. The highest BCUT2D eigenvalue weighted by atomic mass is 16.5. The maximum atomic E-state index is 12.1. The third-order valence-corrected chi connectivity index (χ3v) is 3.89. The summed E-state index contributed by atoms with van der Waals surface area (Å²) in [6, 6.07) is 15.4. The van der Waals surface area contributed by atoms with E-state index in [1.54, 1.807) is 7.11 Å². The van der Waals surface area contributed by atoms with Crippen LogP contribution >= 0.6 is 0 Å². The van der Waals surface area contributed by atoms with Crippen molar-refractivity contribution in [2.75, 3.05) is 13.7 Å². The highest BCUT2D eigenvalue weighted by Crippen LogP contribution is 2.25. The van der Waals surface area contributed by atoms with Crippen LogP contribution in [0.3, 0.4) is 0 Å². The zero-order chi connectivity index (χ0) is 17.5. The molecule has 2 aromatic rings. The van der Waals surface area contributed by atoms with Gasteiger partial charge in [-0.25, -0.2) is 0 Å². The van der Waals surface area contributed by atoms with E-state index in [-0.39, 0.29) is 18.6 Å². The van der Waals surface area contributed by atoms with E-state index in [1.165, 1.54) is 0 Å². The summed E-state index contributed by atoms with van der Waals surface area (Å²) in [6.07, 6.45) is 0. The number of hydrogen-bond donors (Lipinski definition) is 1. The van der Waals surface area contributed by atoms with Crippen molar-refractivity contribution in [2.24, 2.45) is 0 Å². The van der Waals surface area contributed by atoms with E-state index in [4.69, 9.17) is 9.47 Å². The molecule has 0 heterocycles. The Morgan fingerprint density at radius 3 is 2.33 bits per heavy atom. The summed E-state index contributed by atoms with van der Waals surface area (Å²) in [5.74, 6) is 1.77. The first-order chi connectivity index (χ1) is 11.5. The lowest BCUT2D eigenvalue weighted by Gasteiger charge is -2.17. The summed E-state index contributed by atoms with van der Waals surface area (Å²) in [7, 11) is 1.63. The first-order valence-corrected chi connectivity index (χ1v) is 8.16. The molecule has 0 aliphatic rings. The van der Waals surface area contributed by atoms with Gasteiger partial charge in [-0.05, 0) is 42.2 Å². The van der Waals surface area contributed by atoms with Gasteiger partial charge >= 0.3 is 0 Å². The number of hydrogen-bond acceptors (Lipinski definition) is 3. The third kappa shape index (κ3) is 4.75. The minimum Gasteiger partial charge on any atom is -0.497 e. The molecule has 24 heavy (non-hydrogen) atoms. The van der Waals surface area contributed by atoms with Crippen LogP contribution in [-0.4, -0.2) is 19.6 Å². The Morgan fingerprint density at radius 2 is 1.71 bits per heavy atom. The van der Waals surface area contributed by atoms with Crippen LogP contribution in [0, 0.1) is 0 Å². The summed E-state index contributed by atoms with van der Waals surface area (Å²) < 4.78 is 10.8. The number of ether oxygens (including phenoxy) is 2. The van der Waals surface area contributed by atoms with Crippen LogP contribution in [0.5, 0.6) is 11.5 Å². The molecule has 1 unspecified atom stereocenters. The summed E-state index contributed by atoms with van der Waals surface area (Å²) in [5.41, 5.74) is 2.13. The predicted octanol–water partition coefficient (Wildman–Crippen LogP) is 4.07. The van der Waals surface area contributed by atoms with Gasteiger partial charge in [0.25, 0.3) is 5.91 Å². The van der Waals surface area contributed by atoms with Crippen LogP contribution in [0.1, 0.15) is 43.9 Å². The van der Waals surface area contributed by atoms with Gasteiger partial charge in [0.2, 0.25) is 0 Å². The Balaban J connectivity index is 1.91. The first kappa shape index (κ1) is 17.9. The number of benzene rings is 2. The Bertz CT molecular complexity index is 665. The van der Waals surface area contributed by atoms with Gasteiger partial charge < -0.3 is 14.8 Å². The van der Waals surface area contributed by atoms with Gasteiger partial charge in [-0.3, -0.25) is 4.79 Å². The lowest BCUT2D eigenvalue weighted by atomic mass is 10.0. The van der Waals surface area contributed by atoms with Crippen LogP contribution in [0.2, 0.25) is 0 Å². The number of amides is 1. The SMILES string of the molecule is COc1ccc(C(C)NC(=O)COc2ccccc2C(C)C)cc1. The molecule has 2 rings (SSSR count). The van der Waals surface area contributed by atoms with Crippen LogP contribution in [-0.2, 0) is 4.79 Å². The maximum Gasteiger partial charge on any atom is 0.258 e. The molecule has 0 fully saturated rings. The first-order valence-electron chi connectivity index (χ1n) is 8.16. The number of rotatable bonds is 7. The molecule has 0 saturated heterocycles. The van der Waals surface area contributed by atoms with Crippen molar-refractivity contribution in [3.63, 3.8) is 0 Å². The van der Waals surface area contributed by atoms with E-state index in [1.807, 2.05) is 55.5 Å². The van der Waals surface area contributed by atoms with E-state index in [0.717, 1.165) is 22.6 Å². The van der Waals surface area contributed by atoms with Gasteiger partial charge in [0.05, 0.1) is 13.2 Å². The lowest BCUT2D eigenvalue weighted by Crippen LogP contribution is -2.31. The Labute approximate surface area is 143 Å². The molecule has 4 nitrogen and oxygen atoms in total. The second-order valence-corrected chi connectivity index (χ2v) is 6.04. The van der Waals surface area contributed by atoms with Gasteiger partial charge in [-0.15, -0.1) is 0 Å². The lowest BCUT2D eigenvalue weighted by molar-refractivity contribution is -0.123. The third-order valence-electron chi connectivity index (χ3n) is 3.89. The smallest absolute Gasteiger partial charge is 0.258 e. The average Bonchev–Trinajstić information content (AvgIpc) is 2.60. The number of carbonyl (C=O) groups excluding carboxylic acids is 1. The van der Waals surface area contributed by atoms with Crippen LogP contribution < -0.4 is 14.8 Å². The molecule has 0 aromatic heterocycles. The molecule has 0 aliphatic carbocycles. The highest BCUT2D eigenvalue weighted by molar-refractivity contribution is 5.78. The predicted molar refractivity (Wildman–Crippen MR) is 95.6 cm³/mol. The van der Waals surface area contributed by atoms with Gasteiger partial charge in [0.15, 0.2) is 6.61 Å². The van der Waals surface area contributed by atoms with Gasteiger partial charge in [0.1, 0.15) is 11.5 Å². The molecule has 0 spiro atoms. The topological polar surface area (TPSA) is 47.6 Å². The van der Waals surface area contributed by atoms with Crippen LogP contribution in [0.4, 0.5) is 0 Å². The van der Waals surface area contributed by atoms with E-state index < -0.39 is 0 Å². The van der Waals surface area contributed by atoms with Crippen molar-refractivity contribution < 1.29 is 14.3 Å². The molecular formula is C20H25NO3. The molecule has 0 bridgehead atoms. The number of methoxy groups -OCH3 is 1. The van der Waals surface area contributed by atoms with Crippen molar-refractivity contribution >= 4 is 5.91 Å². The molecule has 0 radical (unpaired) electrons. The maximum absolute atomic E-state index is 12.1. The zero-order valence-corrected chi connectivity index (χ0v) is 14.7. The number of nitrogens with one attached hydrogen (secondary N) is 1. The van der Waals surface area contributed by atoms with Gasteiger partial charge in [-0.1, -0.05) is 44.2 Å². The monoisotopic (exact) mass is 327 g/mol. The highest BCUT2D eigenvalue weighted by Gasteiger charge is 2.12. The molecule has 1 atom stereocenters. The van der Waals surface area contributed by atoms with Crippen molar-refractivity contribution in [1.29, 1.82) is 0 Å². The van der Waals surface area contributed by atoms with Crippen molar-refractivity contribution in [3.8, 4) is 11.5 Å². The summed E-state index contributed by atoms with van der Waals surface area (Å²) in [5, 5.41) is 2.95. The fourth-order valence-electron chi connectivity index (χ4n) is 2.49. The number of para-hydroxylation sites is 1. The summed E-state index contributed by atoms with van der Waals surface area (Å²) >= 11 is 0. The number of carbonyl (C=O) groups is 1. The van der Waals surface area contributed by atoms with E-state index >= 15 is 0 Å². The molecular weight excluding hydrogens is 302 g/mol. The van der Waals surface area contributed by atoms with E-state index in [9.17, 15) is 4.79 Å². The Morgan fingerprint density at radius 1 is 1.04 bits per heavy atom. The quantitative estimate of drug-likeness (QED) is 0.834. The average molecular weight is 327 g/mol. The fraction of sp³-hybridized carbons (Fsp3) is 0.350. The van der Waals surface area contributed by atoms with Crippen molar-refractivity contribution in [3.05, 3.63) is 59.7 Å². The van der Waals surface area contributed by atoms with Crippen LogP contribution in [0.15, 0.2) is 48.5 Å². The molecule has 2 aromatic carbocycles. The van der Waals surface area contributed by atoms with Gasteiger partial charge in [0, 0.05) is 0 Å². The Hall–Kier alpha value is -2.49. The molecule has 0 saturated carbocycles. The summed E-state index contributed by atoms with van der Waals surface area (Å²) in [4.78, 5) is 12.1. The molecule has 4 heteroatoms. The fourth-order valence-corrected chi connectivity index (χ4v) is 2.49. The van der Waals surface area contributed by atoms with Crippen LogP contribution in [0.25, 0.3) is 0 Å². The van der Waals surface area contributed by atoms with Crippen molar-refractivity contribution in [1.82, 2.24) is 5.32 Å². The standard InChI is InChI=1S/C20H25NO3/c1-14(2)18-7-5-6-8-19(18)24-13-20(22)21-15(3)16-9-11-17(23-4)12-10-16/h5-12,14-15H,13H2,1-4H3,(H,21,22). The zero-order valence-electron chi connectivity index (χ0n) is 14.7.